The maximum absolute atomic E-state index is 6.25. The van der Waals surface area contributed by atoms with E-state index < -0.39 is 0 Å². The van der Waals surface area contributed by atoms with Crippen LogP contribution in [0.3, 0.4) is 0 Å². The smallest absolute Gasteiger partial charge is 0.143 e. The maximum atomic E-state index is 6.25. The summed E-state index contributed by atoms with van der Waals surface area (Å²) in [5.41, 5.74) is 13.0. The number of rotatable bonds is 7. The molecular weight excluding hydrogens is 548 g/mol. The van der Waals surface area contributed by atoms with Crippen LogP contribution in [0, 0.1) is 0 Å². The molecule has 3 heteroatoms. The molecule has 1 aromatic heterocycles. The normalized spacial score (nSPS) is 11.1. The molecule has 0 fully saturated rings. The minimum absolute atomic E-state index is 0.916. The summed E-state index contributed by atoms with van der Waals surface area (Å²) >= 11 is 0. The average molecular weight is 579 g/mol. The summed E-state index contributed by atoms with van der Waals surface area (Å²) in [6, 6.07) is 59.1. The van der Waals surface area contributed by atoms with Crippen molar-refractivity contribution in [2.75, 3.05) is 10.6 Å². The van der Waals surface area contributed by atoms with Crippen LogP contribution >= 0.6 is 0 Å². The Morgan fingerprint density at radius 1 is 0.333 bits per heavy atom. The third kappa shape index (κ3) is 5.32. The van der Waals surface area contributed by atoms with Crippen molar-refractivity contribution in [1.29, 1.82) is 0 Å². The van der Waals surface area contributed by atoms with Crippen molar-refractivity contribution in [3.05, 3.63) is 170 Å². The molecule has 2 N–H and O–H groups in total. The predicted molar refractivity (Wildman–Crippen MR) is 189 cm³/mol. The van der Waals surface area contributed by atoms with E-state index in [1.165, 1.54) is 22.3 Å². The molecular formula is C42H30N2O. The molecule has 1 heterocycles. The van der Waals surface area contributed by atoms with Crippen LogP contribution in [0.1, 0.15) is 0 Å². The quantitative estimate of drug-likeness (QED) is 0.197. The first-order chi connectivity index (χ1) is 22.3. The van der Waals surface area contributed by atoms with Crippen LogP contribution in [0.25, 0.3) is 55.3 Å². The zero-order valence-corrected chi connectivity index (χ0v) is 24.6. The maximum Gasteiger partial charge on any atom is 0.143 e. The number of hydrogen-bond donors (Lipinski definition) is 2. The van der Waals surface area contributed by atoms with Crippen LogP contribution in [0.2, 0.25) is 0 Å². The molecule has 0 bridgehead atoms. The van der Waals surface area contributed by atoms with Gasteiger partial charge in [0.05, 0.1) is 0 Å². The second kappa shape index (κ2) is 11.6. The van der Waals surface area contributed by atoms with Crippen molar-refractivity contribution in [3.63, 3.8) is 0 Å². The Hall–Kier alpha value is -6.06. The third-order valence-corrected chi connectivity index (χ3v) is 8.28. The van der Waals surface area contributed by atoms with Crippen LogP contribution in [-0.4, -0.2) is 0 Å². The minimum Gasteiger partial charge on any atom is -0.455 e. The molecule has 0 saturated carbocycles. The second-order valence-electron chi connectivity index (χ2n) is 11.2. The minimum atomic E-state index is 0.916. The Labute approximate surface area is 262 Å². The highest BCUT2D eigenvalue weighted by molar-refractivity contribution is 6.09. The fraction of sp³-hybridized carbons (Fsp3) is 0. The van der Waals surface area contributed by atoms with Crippen LogP contribution in [0.5, 0.6) is 0 Å². The molecule has 0 atom stereocenters. The van der Waals surface area contributed by atoms with E-state index in [0.29, 0.717) is 0 Å². The first-order valence-electron chi connectivity index (χ1n) is 15.2. The zero-order valence-electron chi connectivity index (χ0n) is 24.6. The Balaban J connectivity index is 0.957. The van der Waals surface area contributed by atoms with E-state index in [-0.39, 0.29) is 0 Å². The lowest BCUT2D eigenvalue weighted by atomic mass is 10.0. The molecule has 8 aromatic rings. The number of para-hydroxylation sites is 3. The predicted octanol–water partition coefficient (Wildman–Crippen LogP) is 12.1. The van der Waals surface area contributed by atoms with Gasteiger partial charge in [0.1, 0.15) is 11.2 Å². The Morgan fingerprint density at radius 3 is 1.56 bits per heavy atom. The molecule has 0 saturated heterocycles. The van der Waals surface area contributed by atoms with Gasteiger partial charge in [-0.15, -0.1) is 0 Å². The highest BCUT2D eigenvalue weighted by Crippen LogP contribution is 2.36. The largest absolute Gasteiger partial charge is 0.455 e. The first kappa shape index (κ1) is 26.6. The summed E-state index contributed by atoms with van der Waals surface area (Å²) in [5.74, 6) is 0. The summed E-state index contributed by atoms with van der Waals surface area (Å²) in [4.78, 5) is 0. The van der Waals surface area contributed by atoms with Gasteiger partial charge in [0.2, 0.25) is 0 Å². The third-order valence-electron chi connectivity index (χ3n) is 8.28. The lowest BCUT2D eigenvalue weighted by Gasteiger charge is -2.13. The summed E-state index contributed by atoms with van der Waals surface area (Å²) in [7, 11) is 0. The highest BCUT2D eigenvalue weighted by atomic mass is 16.3. The van der Waals surface area contributed by atoms with Crippen molar-refractivity contribution >= 4 is 44.7 Å². The van der Waals surface area contributed by atoms with E-state index in [1.807, 2.05) is 18.2 Å². The number of hydrogen-bond acceptors (Lipinski definition) is 3. The molecule has 7 aromatic carbocycles. The van der Waals surface area contributed by atoms with Crippen molar-refractivity contribution < 1.29 is 4.42 Å². The van der Waals surface area contributed by atoms with Crippen molar-refractivity contribution in [2.24, 2.45) is 0 Å². The number of fused-ring (bicyclic) bond motifs is 3. The van der Waals surface area contributed by atoms with Gasteiger partial charge in [-0.25, -0.2) is 0 Å². The summed E-state index contributed by atoms with van der Waals surface area (Å²) in [5, 5.41) is 9.43. The van der Waals surface area contributed by atoms with Crippen molar-refractivity contribution in [3.8, 4) is 33.4 Å². The SMILES string of the molecule is c1ccc(-c2ccccc2Nc2ccc(-c3ccc(Nc4ccc(-c5cccc6c5oc5ccccc56)cc4)cc3)cc2)cc1. The molecule has 3 nitrogen and oxygen atoms in total. The monoisotopic (exact) mass is 578 g/mol. The van der Waals surface area contributed by atoms with Crippen LogP contribution < -0.4 is 10.6 Å². The topological polar surface area (TPSA) is 37.2 Å². The van der Waals surface area contributed by atoms with Gasteiger partial charge in [-0.1, -0.05) is 121 Å². The zero-order chi connectivity index (χ0) is 30.0. The highest BCUT2D eigenvalue weighted by Gasteiger charge is 2.12. The van der Waals surface area contributed by atoms with E-state index in [2.05, 4.69) is 162 Å². The summed E-state index contributed by atoms with van der Waals surface area (Å²) in [6.07, 6.45) is 0. The van der Waals surface area contributed by atoms with Crippen molar-refractivity contribution in [1.82, 2.24) is 0 Å². The van der Waals surface area contributed by atoms with Gasteiger partial charge < -0.3 is 15.1 Å². The van der Waals surface area contributed by atoms with E-state index in [0.717, 1.165) is 55.8 Å². The van der Waals surface area contributed by atoms with Crippen LogP contribution in [0.4, 0.5) is 22.7 Å². The van der Waals surface area contributed by atoms with Gasteiger partial charge in [0.15, 0.2) is 0 Å². The number of benzene rings is 7. The van der Waals surface area contributed by atoms with Crippen LogP contribution in [-0.2, 0) is 0 Å². The molecule has 45 heavy (non-hydrogen) atoms. The van der Waals surface area contributed by atoms with E-state index in [9.17, 15) is 0 Å². The van der Waals surface area contributed by atoms with Gasteiger partial charge in [0, 0.05) is 44.6 Å². The molecule has 0 aliphatic rings. The summed E-state index contributed by atoms with van der Waals surface area (Å²) < 4.78 is 6.25. The molecule has 8 rings (SSSR count). The van der Waals surface area contributed by atoms with E-state index in [4.69, 9.17) is 4.42 Å². The average Bonchev–Trinajstić information content (AvgIpc) is 3.49. The Morgan fingerprint density at radius 2 is 0.844 bits per heavy atom. The molecule has 0 amide bonds. The number of furan rings is 1. The van der Waals surface area contributed by atoms with Crippen molar-refractivity contribution in [2.45, 2.75) is 0 Å². The molecule has 0 spiro atoms. The molecule has 214 valence electrons. The lowest BCUT2D eigenvalue weighted by molar-refractivity contribution is 0.670. The fourth-order valence-electron chi connectivity index (χ4n) is 5.98. The summed E-state index contributed by atoms with van der Waals surface area (Å²) in [6.45, 7) is 0. The van der Waals surface area contributed by atoms with Gasteiger partial charge in [0.25, 0.3) is 0 Å². The molecule has 0 aliphatic heterocycles. The Bertz CT molecular complexity index is 2230. The Kier molecular flexibility index (Phi) is 6.82. The van der Waals surface area contributed by atoms with Gasteiger partial charge in [-0.2, -0.15) is 0 Å². The van der Waals surface area contributed by atoms with Gasteiger partial charge in [-0.3, -0.25) is 0 Å². The molecule has 0 unspecified atom stereocenters. The number of anilines is 4. The first-order valence-corrected chi connectivity index (χ1v) is 15.2. The standard InChI is InChI=1S/C42H30N2O/c1-2-9-31(10-3-1)36-11-4-6-15-40(36)44-35-25-19-30(20-26-35)29-17-23-33(24-18-29)43-34-27-21-32(22-28-34)37-13-8-14-39-38-12-5-7-16-41(38)45-42(37)39/h1-28,43-44H. The second-order valence-corrected chi connectivity index (χ2v) is 11.2. The van der Waals surface area contributed by atoms with E-state index >= 15 is 0 Å². The molecule has 0 aliphatic carbocycles. The van der Waals surface area contributed by atoms with Gasteiger partial charge in [-0.05, 0) is 70.8 Å². The van der Waals surface area contributed by atoms with Gasteiger partial charge >= 0.3 is 0 Å². The number of nitrogens with one attached hydrogen (secondary N) is 2. The lowest BCUT2D eigenvalue weighted by Crippen LogP contribution is -1.93. The van der Waals surface area contributed by atoms with E-state index in [1.54, 1.807) is 0 Å². The molecule has 0 radical (unpaired) electrons. The fourth-order valence-corrected chi connectivity index (χ4v) is 5.98. The van der Waals surface area contributed by atoms with Crippen LogP contribution in [0.15, 0.2) is 174 Å².